The van der Waals surface area contributed by atoms with Crippen LogP contribution in [0.15, 0.2) is 64.6 Å². The Morgan fingerprint density at radius 1 is 1.20 bits per heavy atom. The second kappa shape index (κ2) is 9.06. The quantitative estimate of drug-likeness (QED) is 0.443. The number of halogens is 1. The minimum Gasteiger partial charge on any atom is -0.458 e. The van der Waals surface area contributed by atoms with E-state index in [4.69, 9.17) is 4.42 Å². The number of hydrogen-bond acceptors (Lipinski definition) is 8. The summed E-state index contributed by atoms with van der Waals surface area (Å²) in [5.74, 6) is -0.345. The lowest BCUT2D eigenvalue weighted by atomic mass is 9.90. The average molecular weight is 496 g/mol. The zero-order chi connectivity index (χ0) is 24.6. The molecule has 0 bridgehead atoms. The number of likely N-dealkylation sites (tertiary alicyclic amines) is 1. The van der Waals surface area contributed by atoms with E-state index in [1.165, 1.54) is 18.5 Å². The predicted octanol–water partition coefficient (Wildman–Crippen LogP) is 3.92. The molecule has 1 amide bonds. The number of amides is 1. The third kappa shape index (κ3) is 4.59. The number of furan rings is 1. The summed E-state index contributed by atoms with van der Waals surface area (Å²) in [5.41, 5.74) is 2.54. The highest BCUT2D eigenvalue weighted by Gasteiger charge is 2.28. The van der Waals surface area contributed by atoms with E-state index in [0.29, 0.717) is 29.8 Å². The molecule has 4 aromatic rings. The zero-order valence-electron chi connectivity index (χ0n) is 18.8. The van der Waals surface area contributed by atoms with E-state index in [2.05, 4.69) is 20.3 Å². The topological polar surface area (TPSA) is 118 Å². The van der Waals surface area contributed by atoms with Gasteiger partial charge in [-0.15, -0.1) is 0 Å². The molecule has 0 spiro atoms. The van der Waals surface area contributed by atoms with Gasteiger partial charge < -0.3 is 14.6 Å². The molecular formula is C24H22FN5O4S. The van der Waals surface area contributed by atoms with Gasteiger partial charge >= 0.3 is 0 Å². The van der Waals surface area contributed by atoms with E-state index >= 15 is 0 Å². The molecule has 0 saturated carbocycles. The summed E-state index contributed by atoms with van der Waals surface area (Å²) in [4.78, 5) is 27.0. The fourth-order valence-corrected chi connectivity index (χ4v) is 4.90. The molecule has 11 heteroatoms. The molecule has 1 aromatic carbocycles. The van der Waals surface area contributed by atoms with Crippen molar-refractivity contribution in [3.8, 4) is 0 Å². The monoisotopic (exact) mass is 495 g/mol. The lowest BCUT2D eigenvalue weighted by Crippen LogP contribution is -2.37. The highest BCUT2D eigenvalue weighted by atomic mass is 32.2. The lowest BCUT2D eigenvalue weighted by Gasteiger charge is -2.31. The van der Waals surface area contributed by atoms with Crippen LogP contribution in [0.25, 0.3) is 11.1 Å². The molecule has 0 radical (unpaired) electrons. The van der Waals surface area contributed by atoms with Crippen molar-refractivity contribution in [3.63, 3.8) is 0 Å². The van der Waals surface area contributed by atoms with Crippen LogP contribution in [0.3, 0.4) is 0 Å². The number of nitrogens with zero attached hydrogens (tertiary/aromatic N) is 4. The number of sulfone groups is 1. The van der Waals surface area contributed by atoms with Gasteiger partial charge in [0.2, 0.25) is 0 Å². The van der Waals surface area contributed by atoms with Crippen LogP contribution in [0, 0.1) is 5.82 Å². The summed E-state index contributed by atoms with van der Waals surface area (Å²) >= 11 is 0. The first-order valence-corrected chi connectivity index (χ1v) is 12.9. The van der Waals surface area contributed by atoms with E-state index in [1.54, 1.807) is 30.8 Å². The molecule has 3 aromatic heterocycles. The largest absolute Gasteiger partial charge is 0.458 e. The Morgan fingerprint density at radius 2 is 2.00 bits per heavy atom. The van der Waals surface area contributed by atoms with Gasteiger partial charge in [-0.1, -0.05) is 0 Å². The molecule has 35 heavy (non-hydrogen) atoms. The van der Waals surface area contributed by atoms with Crippen molar-refractivity contribution in [1.29, 1.82) is 0 Å². The first-order valence-electron chi connectivity index (χ1n) is 11.0. The summed E-state index contributed by atoms with van der Waals surface area (Å²) in [5, 5.41) is 2.88. The second-order valence-electron chi connectivity index (χ2n) is 8.44. The predicted molar refractivity (Wildman–Crippen MR) is 127 cm³/mol. The van der Waals surface area contributed by atoms with E-state index < -0.39 is 15.7 Å². The van der Waals surface area contributed by atoms with Crippen molar-refractivity contribution in [1.82, 2.24) is 19.9 Å². The van der Waals surface area contributed by atoms with Crippen molar-refractivity contribution in [3.05, 3.63) is 72.3 Å². The third-order valence-electron chi connectivity index (χ3n) is 6.13. The summed E-state index contributed by atoms with van der Waals surface area (Å²) in [7, 11) is -3.52. The van der Waals surface area contributed by atoms with Gasteiger partial charge in [0.1, 0.15) is 17.7 Å². The number of hydrogen-bond donors (Lipinski definition) is 1. The first-order chi connectivity index (χ1) is 16.8. The van der Waals surface area contributed by atoms with Crippen LogP contribution < -0.4 is 5.32 Å². The normalized spacial score (nSPS) is 14.9. The van der Waals surface area contributed by atoms with Gasteiger partial charge in [-0.25, -0.2) is 22.8 Å². The molecule has 180 valence electrons. The number of benzene rings is 1. The molecule has 4 heterocycles. The van der Waals surface area contributed by atoms with Gasteiger partial charge in [0.15, 0.2) is 21.2 Å². The Bertz CT molecular complexity index is 1500. The Hall–Kier alpha value is -3.86. The van der Waals surface area contributed by atoms with Crippen LogP contribution in [0.4, 0.5) is 15.9 Å². The molecule has 0 aliphatic carbocycles. The van der Waals surface area contributed by atoms with Crippen molar-refractivity contribution in [2.45, 2.75) is 23.7 Å². The van der Waals surface area contributed by atoms with Crippen LogP contribution in [-0.2, 0) is 9.84 Å². The fraction of sp³-hybridized carbons (Fsp3) is 0.250. The molecule has 1 saturated heterocycles. The van der Waals surface area contributed by atoms with E-state index in [-0.39, 0.29) is 28.2 Å². The van der Waals surface area contributed by atoms with Gasteiger partial charge in [-0.05, 0) is 49.1 Å². The highest BCUT2D eigenvalue weighted by molar-refractivity contribution is 7.90. The van der Waals surface area contributed by atoms with Gasteiger partial charge in [-0.2, -0.15) is 0 Å². The SMILES string of the molecule is CS(=O)(=O)c1ccc(Nc2ncnc3c(C4CCN(C(=O)c5cccnc5)CC4)coc23)c(F)c1. The van der Waals surface area contributed by atoms with E-state index in [9.17, 15) is 17.6 Å². The smallest absolute Gasteiger partial charge is 0.255 e. The molecule has 1 aliphatic rings. The highest BCUT2D eigenvalue weighted by Crippen LogP contribution is 2.36. The Kier molecular flexibility index (Phi) is 5.93. The maximum absolute atomic E-state index is 14.5. The van der Waals surface area contributed by atoms with Gasteiger partial charge in [0.25, 0.3) is 5.91 Å². The van der Waals surface area contributed by atoms with Crippen LogP contribution in [-0.4, -0.2) is 53.5 Å². The van der Waals surface area contributed by atoms with Crippen molar-refractivity contribution in [2.75, 3.05) is 24.7 Å². The Labute approximate surface area is 200 Å². The van der Waals surface area contributed by atoms with Crippen molar-refractivity contribution in [2.24, 2.45) is 0 Å². The molecule has 9 nitrogen and oxygen atoms in total. The number of fused-ring (bicyclic) bond motifs is 1. The summed E-state index contributed by atoms with van der Waals surface area (Å²) in [6.07, 6.45) is 8.72. The number of anilines is 2. The third-order valence-corrected chi connectivity index (χ3v) is 7.24. The minimum atomic E-state index is -3.52. The van der Waals surface area contributed by atoms with Crippen LogP contribution in [0.2, 0.25) is 0 Å². The molecule has 0 atom stereocenters. The number of piperidine rings is 1. The van der Waals surface area contributed by atoms with Crippen molar-refractivity contribution >= 4 is 38.3 Å². The van der Waals surface area contributed by atoms with Gasteiger partial charge in [0, 0.05) is 37.3 Å². The Balaban J connectivity index is 1.34. The standard InChI is InChI=1S/C24H22FN5O4S/c1-35(32,33)17-4-5-20(19(25)11-17)29-23-22-21(27-14-28-23)18(13-34-22)15-6-9-30(10-7-15)24(31)16-3-2-8-26-12-16/h2-5,8,11-15H,6-7,9-10H2,1H3,(H,27,28,29). The molecule has 1 N–H and O–H groups in total. The lowest BCUT2D eigenvalue weighted by molar-refractivity contribution is 0.0712. The van der Waals surface area contributed by atoms with Gasteiger partial charge in [-0.3, -0.25) is 9.78 Å². The van der Waals surface area contributed by atoms with Crippen LogP contribution in [0.1, 0.15) is 34.7 Å². The van der Waals surface area contributed by atoms with Crippen molar-refractivity contribution < 1.29 is 22.0 Å². The maximum Gasteiger partial charge on any atom is 0.255 e. The van der Waals surface area contributed by atoms with E-state index in [0.717, 1.165) is 30.7 Å². The average Bonchev–Trinajstić information content (AvgIpc) is 3.30. The zero-order valence-corrected chi connectivity index (χ0v) is 19.6. The number of carbonyl (C=O) groups is 1. The summed E-state index contributed by atoms with van der Waals surface area (Å²) in [6.45, 7) is 1.19. The van der Waals surface area contributed by atoms with Crippen LogP contribution in [0.5, 0.6) is 0 Å². The minimum absolute atomic E-state index is 0.0358. The van der Waals surface area contributed by atoms with E-state index in [1.807, 2.05) is 4.90 Å². The number of carbonyl (C=O) groups excluding carboxylic acids is 1. The van der Waals surface area contributed by atoms with Gasteiger partial charge in [0.05, 0.1) is 22.4 Å². The number of pyridine rings is 1. The molecule has 5 rings (SSSR count). The molecule has 1 aliphatic heterocycles. The number of rotatable bonds is 5. The van der Waals surface area contributed by atoms with Crippen LogP contribution >= 0.6 is 0 Å². The first kappa shape index (κ1) is 22.9. The molecule has 1 fully saturated rings. The molecular weight excluding hydrogens is 473 g/mol. The summed E-state index contributed by atoms with van der Waals surface area (Å²) in [6, 6.07) is 7.14. The summed E-state index contributed by atoms with van der Waals surface area (Å²) < 4.78 is 43.7. The fourth-order valence-electron chi connectivity index (χ4n) is 4.27. The maximum atomic E-state index is 14.5. The molecule has 0 unspecified atom stereocenters. The second-order valence-corrected chi connectivity index (χ2v) is 10.5. The number of aromatic nitrogens is 3. The number of nitrogens with one attached hydrogen (secondary N) is 1. The Morgan fingerprint density at radius 3 is 2.69 bits per heavy atom.